The summed E-state index contributed by atoms with van der Waals surface area (Å²) in [5.74, 6) is 0. The molecule has 0 aliphatic heterocycles. The quantitative estimate of drug-likeness (QED) is 0.756. The Morgan fingerprint density at radius 3 is 2.41 bits per heavy atom. The molecule has 1 aromatic heterocycles. The second-order valence-corrected chi connectivity index (χ2v) is 3.76. The summed E-state index contributed by atoms with van der Waals surface area (Å²) in [6.07, 6.45) is 2.07. The van der Waals surface area contributed by atoms with Crippen molar-refractivity contribution >= 4 is 0 Å². The lowest BCUT2D eigenvalue weighted by molar-refractivity contribution is 0.654. The smallest absolute Gasteiger partial charge is 0.267 e. The van der Waals surface area contributed by atoms with E-state index in [1.54, 1.807) is 0 Å². The molecule has 1 aromatic carbocycles. The van der Waals surface area contributed by atoms with Crippen LogP contribution in [0.2, 0.25) is 0 Å². The van der Waals surface area contributed by atoms with Crippen LogP contribution in [0.15, 0.2) is 40.1 Å². The van der Waals surface area contributed by atoms with Gasteiger partial charge in [-0.05, 0) is 24.1 Å². The number of benzene rings is 1. The fraction of sp³-hybridized carbons (Fsp3) is 0.250. The molecular weight excluding hydrogens is 218 g/mol. The SMILES string of the molecule is CCc1ccc(-n2ncc(=O)n(C)c2=O)cc1. The number of aromatic nitrogens is 3. The van der Waals surface area contributed by atoms with E-state index in [4.69, 9.17) is 0 Å². The predicted octanol–water partition coefficient (Wildman–Crippen LogP) is 0.494. The fourth-order valence-electron chi connectivity index (χ4n) is 1.53. The van der Waals surface area contributed by atoms with E-state index in [1.165, 1.54) is 17.3 Å². The van der Waals surface area contributed by atoms with Crippen molar-refractivity contribution in [2.45, 2.75) is 13.3 Å². The zero-order chi connectivity index (χ0) is 12.4. The average molecular weight is 231 g/mol. The van der Waals surface area contributed by atoms with Crippen LogP contribution in [0.3, 0.4) is 0 Å². The maximum atomic E-state index is 11.8. The second-order valence-electron chi connectivity index (χ2n) is 3.76. The summed E-state index contributed by atoms with van der Waals surface area (Å²) >= 11 is 0. The van der Waals surface area contributed by atoms with Crippen molar-refractivity contribution in [1.82, 2.24) is 14.3 Å². The highest BCUT2D eigenvalue weighted by molar-refractivity contribution is 5.33. The molecule has 0 saturated heterocycles. The van der Waals surface area contributed by atoms with Crippen molar-refractivity contribution in [3.8, 4) is 5.69 Å². The van der Waals surface area contributed by atoms with Gasteiger partial charge >= 0.3 is 5.69 Å². The molecule has 1 heterocycles. The Balaban J connectivity index is 2.57. The molecule has 0 atom stereocenters. The molecule has 2 aromatic rings. The third-order valence-electron chi connectivity index (χ3n) is 2.67. The van der Waals surface area contributed by atoms with E-state index in [-0.39, 0.29) is 0 Å². The van der Waals surface area contributed by atoms with Gasteiger partial charge in [-0.1, -0.05) is 19.1 Å². The summed E-state index contributed by atoms with van der Waals surface area (Å²) in [5, 5.41) is 3.84. The van der Waals surface area contributed by atoms with Gasteiger partial charge in [0.2, 0.25) is 0 Å². The Morgan fingerprint density at radius 1 is 1.18 bits per heavy atom. The van der Waals surface area contributed by atoms with Gasteiger partial charge in [-0.3, -0.25) is 9.36 Å². The first-order chi connectivity index (χ1) is 8.13. The number of hydrogen-bond donors (Lipinski definition) is 0. The molecular formula is C12H13N3O2. The molecule has 0 radical (unpaired) electrons. The van der Waals surface area contributed by atoms with Gasteiger partial charge in [0.15, 0.2) is 0 Å². The van der Waals surface area contributed by atoms with Gasteiger partial charge in [-0.15, -0.1) is 0 Å². The van der Waals surface area contributed by atoms with Crippen LogP contribution in [0.5, 0.6) is 0 Å². The lowest BCUT2D eigenvalue weighted by Crippen LogP contribution is -2.38. The monoisotopic (exact) mass is 231 g/mol. The minimum absolute atomic E-state index is 0.406. The first-order valence-electron chi connectivity index (χ1n) is 5.38. The van der Waals surface area contributed by atoms with Gasteiger partial charge in [0.05, 0.1) is 5.69 Å². The number of nitrogens with zero attached hydrogens (tertiary/aromatic N) is 3. The largest absolute Gasteiger partial charge is 0.351 e. The zero-order valence-corrected chi connectivity index (χ0v) is 9.75. The minimum Gasteiger partial charge on any atom is -0.267 e. The Morgan fingerprint density at radius 2 is 1.82 bits per heavy atom. The van der Waals surface area contributed by atoms with Crippen molar-refractivity contribution in [2.24, 2.45) is 7.05 Å². The van der Waals surface area contributed by atoms with Crippen LogP contribution >= 0.6 is 0 Å². The Kier molecular flexibility index (Phi) is 2.91. The van der Waals surface area contributed by atoms with E-state index in [2.05, 4.69) is 12.0 Å². The lowest BCUT2D eigenvalue weighted by atomic mass is 10.1. The molecule has 0 N–H and O–H groups in total. The maximum Gasteiger partial charge on any atom is 0.351 e. The molecule has 0 amide bonds. The molecule has 5 heteroatoms. The van der Waals surface area contributed by atoms with Crippen molar-refractivity contribution < 1.29 is 0 Å². The molecule has 0 aliphatic carbocycles. The zero-order valence-electron chi connectivity index (χ0n) is 9.75. The molecule has 0 unspecified atom stereocenters. The summed E-state index contributed by atoms with van der Waals surface area (Å²) in [6, 6.07) is 7.51. The summed E-state index contributed by atoms with van der Waals surface area (Å²) in [6.45, 7) is 2.06. The van der Waals surface area contributed by atoms with E-state index >= 15 is 0 Å². The van der Waals surface area contributed by atoms with E-state index in [9.17, 15) is 9.59 Å². The highest BCUT2D eigenvalue weighted by Crippen LogP contribution is 2.06. The van der Waals surface area contributed by atoms with Gasteiger partial charge in [0.25, 0.3) is 5.56 Å². The lowest BCUT2D eigenvalue weighted by Gasteiger charge is -2.05. The van der Waals surface area contributed by atoms with E-state index in [0.29, 0.717) is 5.69 Å². The average Bonchev–Trinajstić information content (AvgIpc) is 2.36. The molecule has 2 rings (SSSR count). The first kappa shape index (κ1) is 11.3. The summed E-state index contributed by atoms with van der Waals surface area (Å²) in [4.78, 5) is 23.0. The van der Waals surface area contributed by atoms with Crippen molar-refractivity contribution in [3.05, 3.63) is 56.9 Å². The van der Waals surface area contributed by atoms with Crippen LogP contribution in [0, 0.1) is 0 Å². The van der Waals surface area contributed by atoms with Gasteiger partial charge in [0.1, 0.15) is 6.20 Å². The summed E-state index contributed by atoms with van der Waals surface area (Å²) in [7, 11) is 1.43. The molecule has 0 bridgehead atoms. The number of hydrogen-bond acceptors (Lipinski definition) is 3. The van der Waals surface area contributed by atoms with Gasteiger partial charge < -0.3 is 0 Å². The molecule has 5 nitrogen and oxygen atoms in total. The fourth-order valence-corrected chi connectivity index (χ4v) is 1.53. The van der Waals surface area contributed by atoms with Crippen LogP contribution in [-0.2, 0) is 13.5 Å². The van der Waals surface area contributed by atoms with Crippen LogP contribution in [0.25, 0.3) is 5.69 Å². The van der Waals surface area contributed by atoms with Crippen LogP contribution in [0.1, 0.15) is 12.5 Å². The van der Waals surface area contributed by atoms with Crippen LogP contribution in [0.4, 0.5) is 0 Å². The summed E-state index contributed by atoms with van der Waals surface area (Å²) in [5.41, 5.74) is 0.993. The van der Waals surface area contributed by atoms with Crippen LogP contribution < -0.4 is 11.2 Å². The minimum atomic E-state index is -0.443. The third kappa shape index (κ3) is 2.04. The first-order valence-corrected chi connectivity index (χ1v) is 5.38. The topological polar surface area (TPSA) is 56.9 Å². The Hall–Kier alpha value is -2.17. The number of rotatable bonds is 2. The number of aryl methyl sites for hydroxylation is 1. The highest BCUT2D eigenvalue weighted by Gasteiger charge is 2.04. The third-order valence-corrected chi connectivity index (χ3v) is 2.67. The second kappa shape index (κ2) is 4.37. The van der Waals surface area contributed by atoms with Crippen molar-refractivity contribution in [2.75, 3.05) is 0 Å². The maximum absolute atomic E-state index is 11.8. The summed E-state index contributed by atoms with van der Waals surface area (Å²) < 4.78 is 2.24. The van der Waals surface area contributed by atoms with Crippen LogP contribution in [-0.4, -0.2) is 14.3 Å². The van der Waals surface area contributed by atoms with E-state index in [0.717, 1.165) is 17.2 Å². The van der Waals surface area contributed by atoms with Gasteiger partial charge in [-0.2, -0.15) is 9.78 Å². The standard InChI is InChI=1S/C12H13N3O2/c1-3-9-4-6-10(7-5-9)15-12(17)14(2)11(16)8-13-15/h4-8H,3H2,1-2H3. The normalized spacial score (nSPS) is 10.5. The van der Waals surface area contributed by atoms with E-state index < -0.39 is 11.2 Å². The molecule has 0 spiro atoms. The molecule has 0 aliphatic rings. The Labute approximate surface area is 98.0 Å². The Bertz CT molecular complexity index is 638. The van der Waals surface area contributed by atoms with Crippen molar-refractivity contribution in [3.63, 3.8) is 0 Å². The van der Waals surface area contributed by atoms with Crippen molar-refractivity contribution in [1.29, 1.82) is 0 Å². The molecule has 0 saturated carbocycles. The molecule has 17 heavy (non-hydrogen) atoms. The van der Waals surface area contributed by atoms with Gasteiger partial charge in [-0.25, -0.2) is 4.79 Å². The highest BCUT2D eigenvalue weighted by atomic mass is 16.2. The molecule has 0 fully saturated rings. The van der Waals surface area contributed by atoms with E-state index in [1.807, 2.05) is 24.3 Å². The van der Waals surface area contributed by atoms with Gasteiger partial charge in [0, 0.05) is 7.05 Å². The predicted molar refractivity (Wildman–Crippen MR) is 64.5 cm³/mol. The molecule has 88 valence electrons.